The molecular formula is C10H15NO. The van der Waals surface area contributed by atoms with E-state index in [1.54, 1.807) is 0 Å². The van der Waals surface area contributed by atoms with Crippen LogP contribution in [0, 0.1) is 11.8 Å². The van der Waals surface area contributed by atoms with E-state index >= 15 is 0 Å². The number of carbonyl (C=O) groups excluding carboxylic acids is 1. The minimum absolute atomic E-state index is 0.0416. The average Bonchev–Trinajstić information content (AvgIpc) is 2.59. The number of nitrogens with zero attached hydrogens (tertiary/aromatic N) is 1. The summed E-state index contributed by atoms with van der Waals surface area (Å²) in [4.78, 5) is 12.9. The number of aldehydes is 1. The number of carbonyl (C=O) groups is 1. The molecule has 2 nitrogen and oxygen atoms in total. The number of hydrogen-bond acceptors (Lipinski definition) is 2. The molecule has 12 heavy (non-hydrogen) atoms. The van der Waals surface area contributed by atoms with Crippen LogP contribution in [0.2, 0.25) is 0 Å². The summed E-state index contributed by atoms with van der Waals surface area (Å²) in [6.07, 6.45) is 4.17. The van der Waals surface area contributed by atoms with Gasteiger partial charge in [0.1, 0.15) is 6.29 Å². The standard InChI is InChI=1S/C10H15NO/c1-2-3-6-10(9-12)11-7-4-5-8-11/h9-10H,4-8H2,1H3. The molecule has 1 aliphatic rings. The summed E-state index contributed by atoms with van der Waals surface area (Å²) in [6.45, 7) is 3.94. The van der Waals surface area contributed by atoms with Crippen molar-refractivity contribution in [3.05, 3.63) is 0 Å². The molecular weight excluding hydrogens is 150 g/mol. The summed E-state index contributed by atoms with van der Waals surface area (Å²) >= 11 is 0. The lowest BCUT2D eigenvalue weighted by Gasteiger charge is -2.19. The van der Waals surface area contributed by atoms with Crippen molar-refractivity contribution in [1.82, 2.24) is 4.90 Å². The van der Waals surface area contributed by atoms with Crippen molar-refractivity contribution in [3.8, 4) is 11.8 Å². The van der Waals surface area contributed by atoms with Gasteiger partial charge in [-0.2, -0.15) is 0 Å². The number of rotatable bonds is 3. The fourth-order valence-electron chi connectivity index (χ4n) is 1.54. The van der Waals surface area contributed by atoms with Crippen molar-refractivity contribution in [2.24, 2.45) is 0 Å². The second-order valence-corrected chi connectivity index (χ2v) is 3.08. The maximum Gasteiger partial charge on any atom is 0.138 e. The maximum atomic E-state index is 10.7. The summed E-state index contributed by atoms with van der Waals surface area (Å²) in [6, 6.07) is 0.0416. The summed E-state index contributed by atoms with van der Waals surface area (Å²) < 4.78 is 0. The Morgan fingerprint density at radius 2 is 2.17 bits per heavy atom. The molecule has 1 unspecified atom stereocenters. The molecule has 1 aliphatic heterocycles. The lowest BCUT2D eigenvalue weighted by molar-refractivity contribution is -0.111. The summed E-state index contributed by atoms with van der Waals surface area (Å²) in [5, 5.41) is 0. The Kier molecular flexibility index (Phi) is 3.83. The molecule has 0 aromatic heterocycles. The van der Waals surface area contributed by atoms with Crippen molar-refractivity contribution < 1.29 is 4.79 Å². The molecule has 2 heteroatoms. The Morgan fingerprint density at radius 3 is 2.67 bits per heavy atom. The van der Waals surface area contributed by atoms with Gasteiger partial charge in [0, 0.05) is 6.42 Å². The highest BCUT2D eigenvalue weighted by Gasteiger charge is 2.19. The third-order valence-electron chi connectivity index (χ3n) is 2.25. The van der Waals surface area contributed by atoms with Gasteiger partial charge in [0.25, 0.3) is 0 Å². The molecule has 0 bridgehead atoms. The van der Waals surface area contributed by atoms with Crippen molar-refractivity contribution in [2.45, 2.75) is 32.2 Å². The SMILES string of the molecule is CC#CCC(C=O)N1CCCC1. The predicted octanol–water partition coefficient (Wildman–Crippen LogP) is 1.06. The van der Waals surface area contributed by atoms with E-state index in [4.69, 9.17) is 0 Å². The van der Waals surface area contributed by atoms with E-state index in [0.717, 1.165) is 19.4 Å². The van der Waals surface area contributed by atoms with Gasteiger partial charge in [-0.3, -0.25) is 4.90 Å². The van der Waals surface area contributed by atoms with Gasteiger partial charge in [-0.25, -0.2) is 0 Å². The van der Waals surface area contributed by atoms with E-state index in [0.29, 0.717) is 6.42 Å². The molecule has 0 radical (unpaired) electrons. The van der Waals surface area contributed by atoms with Gasteiger partial charge in [0.15, 0.2) is 0 Å². The molecule has 1 rings (SSSR count). The van der Waals surface area contributed by atoms with Gasteiger partial charge in [-0.1, -0.05) is 0 Å². The van der Waals surface area contributed by atoms with Crippen molar-refractivity contribution in [1.29, 1.82) is 0 Å². The summed E-state index contributed by atoms with van der Waals surface area (Å²) in [5.41, 5.74) is 0. The zero-order valence-electron chi connectivity index (χ0n) is 7.55. The molecule has 0 aromatic rings. The molecule has 0 N–H and O–H groups in total. The topological polar surface area (TPSA) is 20.3 Å². The van der Waals surface area contributed by atoms with Crippen LogP contribution in [-0.2, 0) is 4.79 Å². The first-order valence-electron chi connectivity index (χ1n) is 4.47. The zero-order chi connectivity index (χ0) is 8.81. The van der Waals surface area contributed by atoms with E-state index in [1.807, 2.05) is 6.92 Å². The Labute approximate surface area is 73.9 Å². The molecule has 66 valence electrons. The average molecular weight is 165 g/mol. The second kappa shape index (κ2) is 4.95. The monoisotopic (exact) mass is 165 g/mol. The first-order chi connectivity index (χ1) is 5.88. The molecule has 0 spiro atoms. The van der Waals surface area contributed by atoms with E-state index in [9.17, 15) is 4.79 Å². The van der Waals surface area contributed by atoms with Crippen LogP contribution in [0.15, 0.2) is 0 Å². The zero-order valence-corrected chi connectivity index (χ0v) is 7.55. The largest absolute Gasteiger partial charge is 0.302 e. The molecule has 0 aliphatic carbocycles. The van der Waals surface area contributed by atoms with Crippen LogP contribution in [-0.4, -0.2) is 30.3 Å². The molecule has 1 fully saturated rings. The van der Waals surface area contributed by atoms with E-state index in [-0.39, 0.29) is 6.04 Å². The Hall–Kier alpha value is -0.810. The number of likely N-dealkylation sites (tertiary alicyclic amines) is 1. The van der Waals surface area contributed by atoms with E-state index < -0.39 is 0 Å². The van der Waals surface area contributed by atoms with E-state index in [1.165, 1.54) is 12.8 Å². The smallest absolute Gasteiger partial charge is 0.138 e. The van der Waals surface area contributed by atoms with Crippen LogP contribution in [0.25, 0.3) is 0 Å². The summed E-state index contributed by atoms with van der Waals surface area (Å²) in [7, 11) is 0. The molecule has 1 atom stereocenters. The first kappa shape index (κ1) is 9.28. The number of hydrogen-bond donors (Lipinski definition) is 0. The Balaban J connectivity index is 2.40. The minimum atomic E-state index is 0.0416. The van der Waals surface area contributed by atoms with Gasteiger partial charge < -0.3 is 4.79 Å². The maximum absolute atomic E-state index is 10.7. The fraction of sp³-hybridized carbons (Fsp3) is 0.700. The minimum Gasteiger partial charge on any atom is -0.302 e. The molecule has 1 saturated heterocycles. The Bertz CT molecular complexity index is 196. The van der Waals surface area contributed by atoms with Crippen LogP contribution in [0.3, 0.4) is 0 Å². The van der Waals surface area contributed by atoms with Crippen molar-refractivity contribution in [2.75, 3.05) is 13.1 Å². The first-order valence-corrected chi connectivity index (χ1v) is 4.47. The van der Waals surface area contributed by atoms with Crippen LogP contribution in [0.4, 0.5) is 0 Å². The van der Waals surface area contributed by atoms with Gasteiger partial charge in [-0.05, 0) is 32.9 Å². The van der Waals surface area contributed by atoms with Gasteiger partial charge in [0.2, 0.25) is 0 Å². The van der Waals surface area contributed by atoms with Gasteiger partial charge in [0.05, 0.1) is 6.04 Å². The third kappa shape index (κ3) is 2.35. The highest BCUT2D eigenvalue weighted by Crippen LogP contribution is 2.12. The lowest BCUT2D eigenvalue weighted by Crippen LogP contribution is -2.33. The molecule has 0 aromatic carbocycles. The van der Waals surface area contributed by atoms with Crippen LogP contribution >= 0.6 is 0 Å². The summed E-state index contributed by atoms with van der Waals surface area (Å²) in [5.74, 6) is 5.77. The highest BCUT2D eigenvalue weighted by atomic mass is 16.1. The molecule has 1 heterocycles. The van der Waals surface area contributed by atoms with Crippen molar-refractivity contribution in [3.63, 3.8) is 0 Å². The third-order valence-corrected chi connectivity index (χ3v) is 2.25. The molecule has 0 amide bonds. The van der Waals surface area contributed by atoms with Gasteiger partial charge >= 0.3 is 0 Å². The highest BCUT2D eigenvalue weighted by molar-refractivity contribution is 5.58. The molecule has 0 saturated carbocycles. The van der Waals surface area contributed by atoms with Crippen LogP contribution < -0.4 is 0 Å². The van der Waals surface area contributed by atoms with Crippen molar-refractivity contribution >= 4 is 6.29 Å². The van der Waals surface area contributed by atoms with Crippen LogP contribution in [0.1, 0.15) is 26.2 Å². The Morgan fingerprint density at radius 1 is 1.50 bits per heavy atom. The van der Waals surface area contributed by atoms with Crippen LogP contribution in [0.5, 0.6) is 0 Å². The van der Waals surface area contributed by atoms with E-state index in [2.05, 4.69) is 16.7 Å². The normalized spacial score (nSPS) is 19.8. The predicted molar refractivity (Wildman–Crippen MR) is 48.7 cm³/mol. The lowest BCUT2D eigenvalue weighted by atomic mass is 10.2. The fourth-order valence-corrected chi connectivity index (χ4v) is 1.54. The quantitative estimate of drug-likeness (QED) is 0.460. The van der Waals surface area contributed by atoms with Gasteiger partial charge in [-0.15, -0.1) is 11.8 Å². The second-order valence-electron chi connectivity index (χ2n) is 3.08.